The minimum Gasteiger partial charge on any atom is -0.247 e. The number of benzene rings is 2. The van der Waals surface area contributed by atoms with Gasteiger partial charge in [0.05, 0.1) is 0 Å². The lowest BCUT2D eigenvalue weighted by molar-refractivity contribution is 0.598. The molecule has 4 nitrogen and oxygen atoms in total. The highest BCUT2D eigenvalue weighted by Crippen LogP contribution is 2.21. The molecule has 2 aromatic carbocycles. The van der Waals surface area contributed by atoms with Gasteiger partial charge in [0, 0.05) is 11.1 Å². The molecule has 0 saturated heterocycles. The molecule has 0 amide bonds. The summed E-state index contributed by atoms with van der Waals surface area (Å²) in [7, 11) is 0. The predicted octanol–water partition coefficient (Wildman–Crippen LogP) is 3.79. The topological polar surface area (TPSA) is 65.4 Å². The smallest absolute Gasteiger partial charge is 0.163 e. The highest BCUT2D eigenvalue weighted by Gasteiger charge is 2.09. The summed E-state index contributed by atoms with van der Waals surface area (Å²) in [6.07, 6.45) is 3.15. The van der Waals surface area contributed by atoms with Gasteiger partial charge in [-0.3, -0.25) is 0 Å². The van der Waals surface area contributed by atoms with Gasteiger partial charge in [-0.2, -0.15) is 5.26 Å². The minimum atomic E-state index is -0.499. The molecule has 0 bridgehead atoms. The Morgan fingerprint density at radius 2 is 1.96 bits per heavy atom. The van der Waals surface area contributed by atoms with E-state index in [1.54, 1.807) is 24.3 Å². The third kappa shape index (κ3) is 3.14. The molecule has 1 N–H and O–H groups in total. The summed E-state index contributed by atoms with van der Waals surface area (Å²) < 4.78 is 26.8. The Bertz CT molecular complexity index is 922. The van der Waals surface area contributed by atoms with E-state index in [1.807, 2.05) is 12.1 Å². The molecule has 0 radical (unpaired) electrons. The van der Waals surface area contributed by atoms with Crippen molar-refractivity contribution in [3.05, 3.63) is 70.9 Å². The standard InChI is InChI=1S/C17H10F2N4/c18-14-6-7-15(19)12(9-14)5-4-11-2-1-3-13(8-11)17-16(10-20)21-23-22-17/h1-9H,(H,21,22,23)/b5-4+. The lowest BCUT2D eigenvalue weighted by Gasteiger charge is -2.00. The quantitative estimate of drug-likeness (QED) is 0.749. The van der Waals surface area contributed by atoms with Crippen molar-refractivity contribution < 1.29 is 8.78 Å². The van der Waals surface area contributed by atoms with Crippen molar-refractivity contribution in [2.75, 3.05) is 0 Å². The van der Waals surface area contributed by atoms with Gasteiger partial charge in [-0.25, -0.2) is 13.9 Å². The molecule has 0 saturated carbocycles. The van der Waals surface area contributed by atoms with Crippen molar-refractivity contribution >= 4 is 12.2 Å². The third-order valence-electron chi connectivity index (χ3n) is 3.23. The minimum absolute atomic E-state index is 0.162. The van der Waals surface area contributed by atoms with Gasteiger partial charge >= 0.3 is 0 Å². The number of rotatable bonds is 3. The van der Waals surface area contributed by atoms with E-state index in [1.165, 1.54) is 6.08 Å². The number of hydrogen-bond acceptors (Lipinski definition) is 3. The normalized spacial score (nSPS) is 10.8. The first-order chi connectivity index (χ1) is 11.2. The average molecular weight is 308 g/mol. The molecule has 3 rings (SSSR count). The van der Waals surface area contributed by atoms with Crippen LogP contribution in [0.3, 0.4) is 0 Å². The van der Waals surface area contributed by atoms with Gasteiger partial charge in [0.2, 0.25) is 0 Å². The van der Waals surface area contributed by atoms with Gasteiger partial charge in [-0.05, 0) is 29.8 Å². The summed E-state index contributed by atoms with van der Waals surface area (Å²) in [5, 5.41) is 19.0. The number of aromatic nitrogens is 3. The van der Waals surface area contributed by atoms with Crippen LogP contribution >= 0.6 is 0 Å². The maximum atomic E-state index is 13.6. The summed E-state index contributed by atoms with van der Waals surface area (Å²) in [5.41, 5.74) is 2.34. The van der Waals surface area contributed by atoms with Crippen LogP contribution in [0.25, 0.3) is 23.4 Å². The van der Waals surface area contributed by atoms with Gasteiger partial charge in [-0.1, -0.05) is 35.6 Å². The first-order valence-corrected chi connectivity index (χ1v) is 6.72. The van der Waals surface area contributed by atoms with Crippen molar-refractivity contribution in [2.45, 2.75) is 0 Å². The van der Waals surface area contributed by atoms with Gasteiger partial charge in [0.25, 0.3) is 0 Å². The Hall–Kier alpha value is -3.33. The Labute approximate surface area is 130 Å². The second-order valence-corrected chi connectivity index (χ2v) is 4.77. The van der Waals surface area contributed by atoms with E-state index in [4.69, 9.17) is 5.26 Å². The molecule has 0 fully saturated rings. The first kappa shape index (κ1) is 14.6. The van der Waals surface area contributed by atoms with Crippen molar-refractivity contribution in [3.8, 4) is 17.3 Å². The fourth-order valence-electron chi connectivity index (χ4n) is 2.13. The Kier molecular flexibility index (Phi) is 3.93. The maximum Gasteiger partial charge on any atom is 0.163 e. The van der Waals surface area contributed by atoms with Crippen LogP contribution in [0.15, 0.2) is 42.5 Å². The van der Waals surface area contributed by atoms with Crippen LogP contribution in [-0.2, 0) is 0 Å². The molecular weight excluding hydrogens is 298 g/mol. The van der Waals surface area contributed by atoms with Crippen molar-refractivity contribution in [3.63, 3.8) is 0 Å². The molecule has 1 heterocycles. The zero-order valence-corrected chi connectivity index (χ0v) is 11.8. The van der Waals surface area contributed by atoms with Crippen LogP contribution in [0, 0.1) is 23.0 Å². The van der Waals surface area contributed by atoms with Gasteiger partial charge < -0.3 is 0 Å². The molecule has 0 unspecified atom stereocenters. The molecule has 1 aromatic heterocycles. The van der Waals surface area contributed by atoms with E-state index in [9.17, 15) is 8.78 Å². The van der Waals surface area contributed by atoms with Crippen LogP contribution in [0.2, 0.25) is 0 Å². The van der Waals surface area contributed by atoms with Gasteiger partial charge in [0.15, 0.2) is 5.69 Å². The van der Waals surface area contributed by atoms with Gasteiger partial charge in [-0.15, -0.1) is 5.10 Å². The zero-order valence-electron chi connectivity index (χ0n) is 11.8. The Morgan fingerprint density at radius 1 is 1.09 bits per heavy atom. The van der Waals surface area contributed by atoms with E-state index in [-0.39, 0.29) is 11.3 Å². The van der Waals surface area contributed by atoms with Crippen LogP contribution < -0.4 is 0 Å². The zero-order chi connectivity index (χ0) is 16.2. The molecule has 0 atom stereocenters. The molecule has 0 aliphatic rings. The molecule has 0 aliphatic carbocycles. The van der Waals surface area contributed by atoms with Gasteiger partial charge in [0.1, 0.15) is 23.4 Å². The summed E-state index contributed by atoms with van der Waals surface area (Å²) in [6.45, 7) is 0. The van der Waals surface area contributed by atoms with Crippen LogP contribution in [0.5, 0.6) is 0 Å². The summed E-state index contributed by atoms with van der Waals surface area (Å²) in [6, 6.07) is 12.4. The van der Waals surface area contributed by atoms with E-state index >= 15 is 0 Å². The highest BCUT2D eigenvalue weighted by atomic mass is 19.1. The third-order valence-corrected chi connectivity index (χ3v) is 3.23. The summed E-state index contributed by atoms with van der Waals surface area (Å²) in [5.74, 6) is -0.997. The number of aromatic amines is 1. The number of nitriles is 1. The Balaban J connectivity index is 1.93. The SMILES string of the molecule is N#Cc1[nH]nnc1-c1cccc(/C=C/c2cc(F)ccc2F)c1. The molecule has 3 aromatic rings. The molecule has 0 spiro atoms. The number of nitrogens with one attached hydrogen (secondary N) is 1. The fourth-order valence-corrected chi connectivity index (χ4v) is 2.13. The molecule has 23 heavy (non-hydrogen) atoms. The Morgan fingerprint density at radius 3 is 2.78 bits per heavy atom. The number of halogens is 2. The van der Waals surface area contributed by atoms with Crippen molar-refractivity contribution in [2.24, 2.45) is 0 Å². The largest absolute Gasteiger partial charge is 0.247 e. The molecule has 6 heteroatoms. The fraction of sp³-hybridized carbons (Fsp3) is 0. The summed E-state index contributed by atoms with van der Waals surface area (Å²) >= 11 is 0. The number of nitrogens with zero attached hydrogens (tertiary/aromatic N) is 3. The summed E-state index contributed by atoms with van der Waals surface area (Å²) in [4.78, 5) is 0. The lowest BCUT2D eigenvalue weighted by Crippen LogP contribution is -1.85. The van der Waals surface area contributed by atoms with E-state index in [2.05, 4.69) is 15.4 Å². The molecular formula is C17H10F2N4. The molecule has 112 valence electrons. The average Bonchev–Trinajstić information content (AvgIpc) is 3.04. The molecule has 0 aliphatic heterocycles. The lowest BCUT2D eigenvalue weighted by atomic mass is 10.1. The second kappa shape index (κ2) is 6.20. The van der Waals surface area contributed by atoms with Crippen LogP contribution in [0.4, 0.5) is 8.78 Å². The number of hydrogen-bond donors (Lipinski definition) is 1. The van der Waals surface area contributed by atoms with E-state index in [0.717, 1.165) is 23.8 Å². The predicted molar refractivity (Wildman–Crippen MR) is 81.8 cm³/mol. The maximum absolute atomic E-state index is 13.6. The van der Waals surface area contributed by atoms with Crippen molar-refractivity contribution in [1.29, 1.82) is 5.26 Å². The van der Waals surface area contributed by atoms with Crippen LogP contribution in [0.1, 0.15) is 16.8 Å². The van der Waals surface area contributed by atoms with Crippen LogP contribution in [-0.4, -0.2) is 15.4 Å². The monoisotopic (exact) mass is 308 g/mol. The second-order valence-electron chi connectivity index (χ2n) is 4.77. The van der Waals surface area contributed by atoms with E-state index in [0.29, 0.717) is 11.3 Å². The first-order valence-electron chi connectivity index (χ1n) is 6.72. The number of H-pyrrole nitrogens is 1. The highest BCUT2D eigenvalue weighted by molar-refractivity contribution is 5.74. The van der Waals surface area contributed by atoms with Crippen molar-refractivity contribution in [1.82, 2.24) is 15.4 Å². The van der Waals surface area contributed by atoms with E-state index < -0.39 is 11.6 Å².